The third-order valence-corrected chi connectivity index (χ3v) is 8.74. The quantitative estimate of drug-likeness (QED) is 0.308. The van der Waals surface area contributed by atoms with Crippen molar-refractivity contribution in [3.63, 3.8) is 0 Å². The number of aryl methyl sites for hydroxylation is 5. The fourth-order valence-electron chi connectivity index (χ4n) is 4.89. The first kappa shape index (κ1) is 28.6. The lowest BCUT2D eigenvalue weighted by Gasteiger charge is -2.17. The van der Waals surface area contributed by atoms with Crippen LogP contribution in [0.3, 0.4) is 0 Å². The molecule has 0 spiro atoms. The molecule has 10 nitrogen and oxygen atoms in total. The first-order chi connectivity index (χ1) is 19.7. The molecule has 0 aliphatic heterocycles. The van der Waals surface area contributed by atoms with Crippen molar-refractivity contribution in [1.82, 2.24) is 13.1 Å². The lowest BCUT2D eigenvalue weighted by atomic mass is 10.0. The van der Waals surface area contributed by atoms with Gasteiger partial charge in [0.05, 0.1) is 4.90 Å². The van der Waals surface area contributed by atoms with E-state index in [9.17, 15) is 32.3 Å². The molecule has 216 valence electrons. The Balaban J connectivity index is 1.87. The maximum absolute atomic E-state index is 14.0. The summed E-state index contributed by atoms with van der Waals surface area (Å²) in [6, 6.07) is 10.9. The summed E-state index contributed by atoms with van der Waals surface area (Å²) in [7, 11) is -1.66. The Hall–Kier alpha value is -4.97. The lowest BCUT2D eigenvalue weighted by molar-refractivity contribution is 0.0689. The van der Waals surface area contributed by atoms with E-state index in [-0.39, 0.29) is 32.9 Å². The molecule has 3 heterocycles. The molecule has 0 aliphatic rings. The minimum Gasteiger partial charge on any atom is -0.477 e. The van der Waals surface area contributed by atoms with Gasteiger partial charge in [-0.1, -0.05) is 17.7 Å². The van der Waals surface area contributed by atoms with Crippen molar-refractivity contribution in [3.05, 3.63) is 110 Å². The summed E-state index contributed by atoms with van der Waals surface area (Å²) in [5.41, 5.74) is -0.414. The zero-order valence-electron chi connectivity index (χ0n) is 23.3. The summed E-state index contributed by atoms with van der Waals surface area (Å²) in [6.07, 6.45) is 2.84. The van der Waals surface area contributed by atoms with Gasteiger partial charge in [0, 0.05) is 43.0 Å². The average Bonchev–Trinajstić information content (AvgIpc) is 3.33. The SMILES string of the molecule is Cc1ccc(S(=O)(=O)n2c(C(=O)O)cc3c(-c4ccn(C)c(=O)c4Oc4c(C)cc(F)cc4C)cn(C)c(=O)c32)cc1. The second kappa shape index (κ2) is 10.1. The van der Waals surface area contributed by atoms with Crippen molar-refractivity contribution in [3.8, 4) is 22.6 Å². The van der Waals surface area contributed by atoms with Crippen LogP contribution in [0.15, 0.2) is 75.4 Å². The summed E-state index contributed by atoms with van der Waals surface area (Å²) in [4.78, 5) is 39.0. The van der Waals surface area contributed by atoms with Crippen LogP contribution in [0, 0.1) is 26.6 Å². The number of ether oxygens (including phenoxy) is 1. The van der Waals surface area contributed by atoms with Crippen LogP contribution in [-0.4, -0.2) is 32.6 Å². The number of nitrogens with zero attached hydrogens (tertiary/aromatic N) is 3. The van der Waals surface area contributed by atoms with Gasteiger partial charge in [-0.25, -0.2) is 21.6 Å². The molecule has 42 heavy (non-hydrogen) atoms. The number of hydrogen-bond acceptors (Lipinski definition) is 6. The zero-order valence-corrected chi connectivity index (χ0v) is 24.1. The number of hydrogen-bond donors (Lipinski definition) is 1. The third-order valence-electron chi connectivity index (χ3n) is 7.02. The van der Waals surface area contributed by atoms with Crippen LogP contribution < -0.4 is 15.9 Å². The first-order valence-electron chi connectivity index (χ1n) is 12.7. The van der Waals surface area contributed by atoms with Gasteiger partial charge in [-0.15, -0.1) is 0 Å². The predicted molar refractivity (Wildman–Crippen MR) is 155 cm³/mol. The zero-order chi connectivity index (χ0) is 30.7. The maximum atomic E-state index is 14.0. The number of carboxylic acids is 1. The molecule has 0 bridgehead atoms. The van der Waals surface area contributed by atoms with E-state index in [2.05, 4.69) is 0 Å². The van der Waals surface area contributed by atoms with Gasteiger partial charge in [-0.2, -0.15) is 0 Å². The van der Waals surface area contributed by atoms with Crippen LogP contribution in [0.5, 0.6) is 11.5 Å². The van der Waals surface area contributed by atoms with Crippen LogP contribution in [0.2, 0.25) is 0 Å². The number of pyridine rings is 2. The summed E-state index contributed by atoms with van der Waals surface area (Å²) in [5, 5.41) is 10.0. The Bertz CT molecular complexity index is 2140. The smallest absolute Gasteiger partial charge is 0.353 e. The molecular formula is C30H26FN3O7S. The van der Waals surface area contributed by atoms with E-state index in [4.69, 9.17) is 4.74 Å². The number of aromatic nitrogens is 3. The third kappa shape index (κ3) is 4.59. The molecule has 12 heteroatoms. The van der Waals surface area contributed by atoms with Crippen LogP contribution in [0.1, 0.15) is 27.2 Å². The van der Waals surface area contributed by atoms with Crippen LogP contribution in [-0.2, 0) is 24.1 Å². The fourth-order valence-corrected chi connectivity index (χ4v) is 6.39. The average molecular weight is 592 g/mol. The van der Waals surface area contributed by atoms with E-state index in [0.29, 0.717) is 15.1 Å². The predicted octanol–water partition coefficient (Wildman–Crippen LogP) is 4.50. The molecule has 0 atom stereocenters. The molecule has 0 saturated carbocycles. The molecular weight excluding hydrogens is 565 g/mol. The Morgan fingerprint density at radius 1 is 0.857 bits per heavy atom. The highest BCUT2D eigenvalue weighted by Crippen LogP contribution is 2.38. The van der Waals surface area contributed by atoms with E-state index in [0.717, 1.165) is 16.2 Å². The topological polar surface area (TPSA) is 130 Å². The number of rotatable bonds is 6. The number of carbonyl (C=O) groups is 1. The fraction of sp³-hybridized carbons (Fsp3) is 0.167. The van der Waals surface area contributed by atoms with Crippen LogP contribution in [0.4, 0.5) is 4.39 Å². The second-order valence-corrected chi connectivity index (χ2v) is 11.9. The highest BCUT2D eigenvalue weighted by atomic mass is 32.2. The van der Waals surface area contributed by atoms with E-state index < -0.39 is 44.1 Å². The Kier molecular flexibility index (Phi) is 6.89. The molecule has 1 N–H and O–H groups in total. The molecule has 5 aromatic rings. The van der Waals surface area contributed by atoms with Crippen molar-refractivity contribution >= 4 is 26.9 Å². The van der Waals surface area contributed by atoms with Gasteiger partial charge in [0.2, 0.25) is 0 Å². The van der Waals surface area contributed by atoms with Crippen molar-refractivity contribution in [2.45, 2.75) is 25.7 Å². The van der Waals surface area contributed by atoms with Crippen LogP contribution >= 0.6 is 0 Å². The summed E-state index contributed by atoms with van der Waals surface area (Å²) >= 11 is 0. The van der Waals surface area contributed by atoms with Gasteiger partial charge in [0.15, 0.2) is 5.75 Å². The molecule has 0 radical (unpaired) electrons. The molecule has 0 amide bonds. The lowest BCUT2D eigenvalue weighted by Crippen LogP contribution is -2.25. The highest BCUT2D eigenvalue weighted by Gasteiger charge is 2.30. The molecule has 0 unspecified atom stereocenters. The van der Waals surface area contributed by atoms with Gasteiger partial charge in [-0.05, 0) is 68.3 Å². The van der Waals surface area contributed by atoms with Crippen LogP contribution in [0.25, 0.3) is 22.0 Å². The maximum Gasteiger partial charge on any atom is 0.353 e. The van der Waals surface area contributed by atoms with E-state index in [1.165, 1.54) is 61.4 Å². The largest absolute Gasteiger partial charge is 0.477 e. The van der Waals surface area contributed by atoms with Crippen molar-refractivity contribution < 1.29 is 27.4 Å². The molecule has 5 rings (SSSR count). The number of carboxylic acid groups (broad SMARTS) is 1. The van der Waals surface area contributed by atoms with Gasteiger partial charge < -0.3 is 19.0 Å². The minimum absolute atomic E-state index is 0.0168. The van der Waals surface area contributed by atoms with Crippen molar-refractivity contribution in [2.24, 2.45) is 14.1 Å². The number of benzene rings is 2. The summed E-state index contributed by atoms with van der Waals surface area (Å²) in [6.45, 7) is 5.01. The van der Waals surface area contributed by atoms with Gasteiger partial charge >= 0.3 is 5.97 Å². The van der Waals surface area contributed by atoms with Crippen molar-refractivity contribution in [2.75, 3.05) is 0 Å². The van der Waals surface area contributed by atoms with Crippen molar-refractivity contribution in [1.29, 1.82) is 0 Å². The number of fused-ring (bicyclic) bond motifs is 1. The Morgan fingerprint density at radius 2 is 1.48 bits per heavy atom. The van der Waals surface area contributed by atoms with Gasteiger partial charge in [-0.3, -0.25) is 9.59 Å². The standard InChI is InChI=1S/C30H26FN3O7S/c1-16-6-8-20(9-7-16)42(39,40)34-24(30(37)38)14-22-23(15-33(5)28(35)25(22)34)21-10-11-32(4)29(36)27(21)41-26-17(2)12-19(31)13-18(26)3/h6-15H,1-5H3,(H,37,38). The Labute approximate surface area is 239 Å². The van der Waals surface area contributed by atoms with E-state index in [1.807, 2.05) is 0 Å². The molecule has 3 aromatic heterocycles. The Morgan fingerprint density at radius 3 is 2.07 bits per heavy atom. The summed E-state index contributed by atoms with van der Waals surface area (Å²) in [5.74, 6) is -1.99. The normalized spacial score (nSPS) is 11.7. The first-order valence-corrected chi connectivity index (χ1v) is 14.1. The highest BCUT2D eigenvalue weighted by molar-refractivity contribution is 7.90. The number of aromatic carboxylic acids is 1. The molecule has 0 fully saturated rings. The van der Waals surface area contributed by atoms with Gasteiger partial charge in [0.1, 0.15) is 22.8 Å². The number of halogens is 1. The summed E-state index contributed by atoms with van der Waals surface area (Å²) < 4.78 is 50.6. The minimum atomic E-state index is -4.55. The van der Waals surface area contributed by atoms with E-state index >= 15 is 0 Å². The monoisotopic (exact) mass is 591 g/mol. The molecule has 2 aromatic carbocycles. The molecule has 0 saturated heterocycles. The second-order valence-electron chi connectivity index (χ2n) is 10.1. The molecule has 0 aliphatic carbocycles. The van der Waals surface area contributed by atoms with E-state index in [1.54, 1.807) is 32.9 Å². The van der Waals surface area contributed by atoms with Gasteiger partial charge in [0.25, 0.3) is 21.1 Å².